The van der Waals surface area contributed by atoms with Crippen LogP contribution in [0, 0.1) is 13.8 Å². The Balaban J connectivity index is 2.78. The molecule has 0 heterocycles. The second kappa shape index (κ2) is 5.96. The van der Waals surface area contributed by atoms with Crippen molar-refractivity contribution in [2.45, 2.75) is 38.2 Å². The maximum atomic E-state index is 12.0. The molecule has 1 N–H and O–H groups in total. The molecule has 0 radical (unpaired) electrons. The molecule has 2 atom stereocenters. The van der Waals surface area contributed by atoms with Crippen molar-refractivity contribution in [1.82, 2.24) is 0 Å². The van der Waals surface area contributed by atoms with Crippen LogP contribution in [0.2, 0.25) is 0 Å². The van der Waals surface area contributed by atoms with Crippen molar-refractivity contribution in [3.8, 4) is 0 Å². The first-order valence-corrected chi connectivity index (χ1v) is 6.94. The number of aryl methyl sites for hydroxylation is 2. The van der Waals surface area contributed by atoms with Crippen molar-refractivity contribution < 1.29 is 14.1 Å². The van der Waals surface area contributed by atoms with E-state index in [4.69, 9.17) is 5.11 Å². The zero-order valence-corrected chi connectivity index (χ0v) is 11.2. The van der Waals surface area contributed by atoms with Crippen LogP contribution in [-0.4, -0.2) is 20.5 Å². The molecule has 0 aliphatic heterocycles. The van der Waals surface area contributed by atoms with Crippen LogP contribution in [0.15, 0.2) is 18.2 Å². The molecule has 0 saturated heterocycles. The molecule has 1 rings (SSSR count). The largest absolute Gasteiger partial charge is 0.481 e. The van der Waals surface area contributed by atoms with Crippen LogP contribution >= 0.6 is 0 Å². The second-order valence-corrected chi connectivity index (χ2v) is 6.16. The summed E-state index contributed by atoms with van der Waals surface area (Å²) in [5.41, 5.74) is 3.30. The lowest BCUT2D eigenvalue weighted by Crippen LogP contribution is -2.17. The summed E-state index contributed by atoms with van der Waals surface area (Å²) in [6.07, 6.45) is -0.0441. The van der Waals surface area contributed by atoms with E-state index in [1.54, 1.807) is 6.92 Å². The fourth-order valence-electron chi connectivity index (χ4n) is 1.70. The number of carboxylic acids is 1. The monoisotopic (exact) mass is 254 g/mol. The predicted octanol–water partition coefficient (Wildman–Crippen LogP) is 2.42. The van der Waals surface area contributed by atoms with E-state index in [-0.39, 0.29) is 11.7 Å². The van der Waals surface area contributed by atoms with E-state index in [0.29, 0.717) is 5.75 Å². The Morgan fingerprint density at radius 2 is 1.88 bits per heavy atom. The molecule has 0 aliphatic carbocycles. The molecule has 0 saturated carbocycles. The SMILES string of the molecule is Cc1cccc(C)c1CS(=O)C(C)CC(=O)O. The normalized spacial score (nSPS) is 14.3. The summed E-state index contributed by atoms with van der Waals surface area (Å²) >= 11 is 0. The number of carbonyl (C=O) groups is 1. The Morgan fingerprint density at radius 1 is 1.35 bits per heavy atom. The number of aliphatic carboxylic acids is 1. The fraction of sp³-hybridized carbons (Fsp3) is 0.462. The molecule has 0 aliphatic rings. The summed E-state index contributed by atoms with van der Waals surface area (Å²) in [4.78, 5) is 10.6. The molecular formula is C13H18O3S. The molecule has 0 spiro atoms. The summed E-state index contributed by atoms with van der Waals surface area (Å²) in [6.45, 7) is 5.70. The van der Waals surface area contributed by atoms with Gasteiger partial charge in [-0.1, -0.05) is 25.1 Å². The first kappa shape index (κ1) is 13.9. The number of hydrogen-bond acceptors (Lipinski definition) is 2. The molecule has 0 bridgehead atoms. The van der Waals surface area contributed by atoms with Crippen molar-refractivity contribution in [3.63, 3.8) is 0 Å². The maximum absolute atomic E-state index is 12.0. The summed E-state index contributed by atoms with van der Waals surface area (Å²) < 4.78 is 12.0. The van der Waals surface area contributed by atoms with E-state index >= 15 is 0 Å². The van der Waals surface area contributed by atoms with E-state index < -0.39 is 16.8 Å². The molecule has 1 aromatic carbocycles. The van der Waals surface area contributed by atoms with E-state index in [0.717, 1.165) is 16.7 Å². The van der Waals surface area contributed by atoms with Gasteiger partial charge in [-0.15, -0.1) is 0 Å². The molecular weight excluding hydrogens is 236 g/mol. The number of benzene rings is 1. The van der Waals surface area contributed by atoms with Crippen molar-refractivity contribution in [2.75, 3.05) is 0 Å². The van der Waals surface area contributed by atoms with Gasteiger partial charge in [0.15, 0.2) is 0 Å². The molecule has 3 nitrogen and oxygen atoms in total. The zero-order chi connectivity index (χ0) is 13.0. The van der Waals surface area contributed by atoms with Crippen molar-refractivity contribution in [1.29, 1.82) is 0 Å². The van der Waals surface area contributed by atoms with Gasteiger partial charge in [0.1, 0.15) is 0 Å². The molecule has 0 amide bonds. The molecule has 4 heteroatoms. The quantitative estimate of drug-likeness (QED) is 0.878. The molecule has 1 aromatic rings. The third kappa shape index (κ3) is 3.97. The van der Waals surface area contributed by atoms with Gasteiger partial charge in [0.05, 0.1) is 6.42 Å². The third-order valence-electron chi connectivity index (χ3n) is 2.84. The molecule has 2 unspecified atom stereocenters. The Kier molecular flexibility index (Phi) is 4.87. The average Bonchev–Trinajstić information content (AvgIpc) is 2.22. The Labute approximate surface area is 104 Å². The first-order chi connectivity index (χ1) is 7.91. The van der Waals surface area contributed by atoms with Gasteiger partial charge in [-0.05, 0) is 30.5 Å². The Bertz CT molecular complexity index is 420. The standard InChI is InChI=1S/C13H18O3S/c1-9-5-4-6-10(2)12(9)8-17(16)11(3)7-13(14)15/h4-6,11H,7-8H2,1-3H3,(H,14,15). The topological polar surface area (TPSA) is 54.4 Å². The van der Waals surface area contributed by atoms with E-state index in [9.17, 15) is 9.00 Å². The van der Waals surface area contributed by atoms with Crippen LogP contribution in [0.3, 0.4) is 0 Å². The van der Waals surface area contributed by atoms with Gasteiger partial charge in [-0.2, -0.15) is 0 Å². The average molecular weight is 254 g/mol. The highest BCUT2D eigenvalue weighted by Crippen LogP contribution is 2.17. The van der Waals surface area contributed by atoms with Gasteiger partial charge in [0, 0.05) is 21.8 Å². The van der Waals surface area contributed by atoms with Crippen molar-refractivity contribution >= 4 is 16.8 Å². The molecule has 94 valence electrons. The molecule has 0 aromatic heterocycles. The summed E-state index contributed by atoms with van der Waals surface area (Å²) in [7, 11) is -1.14. The van der Waals surface area contributed by atoms with Crippen LogP contribution < -0.4 is 0 Å². The second-order valence-electron chi connectivity index (χ2n) is 4.30. The highest BCUT2D eigenvalue weighted by atomic mass is 32.2. The molecule has 0 fully saturated rings. The number of rotatable bonds is 5. The minimum atomic E-state index is -1.14. The summed E-state index contributed by atoms with van der Waals surface area (Å²) in [5.74, 6) is -0.459. The van der Waals surface area contributed by atoms with Gasteiger partial charge in [0.25, 0.3) is 0 Å². The van der Waals surface area contributed by atoms with Gasteiger partial charge in [-0.3, -0.25) is 9.00 Å². The maximum Gasteiger partial charge on any atom is 0.304 e. The highest BCUT2D eigenvalue weighted by Gasteiger charge is 2.16. The van der Waals surface area contributed by atoms with Gasteiger partial charge >= 0.3 is 5.97 Å². The molecule has 17 heavy (non-hydrogen) atoms. The van der Waals surface area contributed by atoms with Gasteiger partial charge in [-0.25, -0.2) is 0 Å². The van der Waals surface area contributed by atoms with Crippen molar-refractivity contribution in [3.05, 3.63) is 34.9 Å². The zero-order valence-electron chi connectivity index (χ0n) is 10.4. The fourth-order valence-corrected chi connectivity index (χ4v) is 3.05. The van der Waals surface area contributed by atoms with E-state index in [2.05, 4.69) is 0 Å². The van der Waals surface area contributed by atoms with Crippen molar-refractivity contribution in [2.24, 2.45) is 0 Å². The summed E-state index contributed by atoms with van der Waals surface area (Å²) in [5, 5.41) is 8.36. The predicted molar refractivity (Wildman–Crippen MR) is 69.5 cm³/mol. The first-order valence-electron chi connectivity index (χ1n) is 5.56. The summed E-state index contributed by atoms with van der Waals surface area (Å²) in [6, 6.07) is 5.94. The smallest absolute Gasteiger partial charge is 0.304 e. The van der Waals surface area contributed by atoms with Gasteiger partial charge < -0.3 is 5.11 Å². The van der Waals surface area contributed by atoms with Crippen LogP contribution in [0.25, 0.3) is 0 Å². The van der Waals surface area contributed by atoms with Crippen LogP contribution in [0.5, 0.6) is 0 Å². The number of hydrogen-bond donors (Lipinski definition) is 1. The Hall–Kier alpha value is -1.16. The highest BCUT2D eigenvalue weighted by molar-refractivity contribution is 7.84. The van der Waals surface area contributed by atoms with Gasteiger partial charge in [0.2, 0.25) is 0 Å². The van der Waals surface area contributed by atoms with Crippen LogP contribution in [-0.2, 0) is 21.3 Å². The van der Waals surface area contributed by atoms with Crippen LogP contribution in [0.4, 0.5) is 0 Å². The minimum absolute atomic E-state index is 0.0441. The van der Waals surface area contributed by atoms with Crippen LogP contribution in [0.1, 0.15) is 30.0 Å². The van der Waals surface area contributed by atoms with E-state index in [1.807, 2.05) is 32.0 Å². The third-order valence-corrected chi connectivity index (χ3v) is 4.48. The van der Waals surface area contributed by atoms with E-state index in [1.165, 1.54) is 0 Å². The lowest BCUT2D eigenvalue weighted by molar-refractivity contribution is -0.136. The Morgan fingerprint density at radius 3 is 2.35 bits per heavy atom. The number of carboxylic acid groups (broad SMARTS) is 1. The lowest BCUT2D eigenvalue weighted by Gasteiger charge is -2.12. The minimum Gasteiger partial charge on any atom is -0.481 e. The lowest BCUT2D eigenvalue weighted by atomic mass is 10.1.